The summed E-state index contributed by atoms with van der Waals surface area (Å²) in [5.74, 6) is 1.46. The number of amides is 1. The van der Waals surface area contributed by atoms with Gasteiger partial charge in [-0.2, -0.15) is 0 Å². The van der Waals surface area contributed by atoms with Crippen LogP contribution in [0.25, 0.3) is 0 Å². The first-order valence-electron chi connectivity index (χ1n) is 10.4. The summed E-state index contributed by atoms with van der Waals surface area (Å²) in [5.41, 5.74) is 5.62. The summed E-state index contributed by atoms with van der Waals surface area (Å²) < 4.78 is 5.58. The fourth-order valence-electron chi connectivity index (χ4n) is 4.46. The second-order valence-electron chi connectivity index (χ2n) is 9.51. The highest BCUT2D eigenvalue weighted by molar-refractivity contribution is 5.68. The van der Waals surface area contributed by atoms with Gasteiger partial charge in [0.1, 0.15) is 5.60 Å². The van der Waals surface area contributed by atoms with Gasteiger partial charge in [-0.3, -0.25) is 0 Å². The summed E-state index contributed by atoms with van der Waals surface area (Å²) >= 11 is 0. The molecule has 0 saturated carbocycles. The first kappa shape index (κ1) is 19.3. The van der Waals surface area contributed by atoms with E-state index < -0.39 is 5.60 Å². The molecule has 3 rings (SSSR count). The summed E-state index contributed by atoms with van der Waals surface area (Å²) in [4.78, 5) is 14.3. The van der Waals surface area contributed by atoms with E-state index in [0.717, 1.165) is 31.8 Å². The molecule has 1 heterocycles. The molecular formula is C23H35NO2. The van der Waals surface area contributed by atoms with Crippen LogP contribution in [0.15, 0.2) is 12.1 Å². The van der Waals surface area contributed by atoms with E-state index in [1.165, 1.54) is 36.8 Å². The molecule has 1 atom stereocenters. The van der Waals surface area contributed by atoms with E-state index in [9.17, 15) is 4.79 Å². The summed E-state index contributed by atoms with van der Waals surface area (Å²) in [6, 6.07) is 4.94. The van der Waals surface area contributed by atoms with Gasteiger partial charge < -0.3 is 9.64 Å². The second kappa shape index (κ2) is 7.62. The van der Waals surface area contributed by atoms with Crippen molar-refractivity contribution in [3.05, 3.63) is 34.4 Å². The monoisotopic (exact) mass is 357 g/mol. The minimum atomic E-state index is -0.431. The van der Waals surface area contributed by atoms with Crippen molar-refractivity contribution in [2.24, 2.45) is 5.92 Å². The highest BCUT2D eigenvalue weighted by atomic mass is 16.6. The molecule has 1 aromatic carbocycles. The van der Waals surface area contributed by atoms with Crippen molar-refractivity contribution >= 4 is 6.09 Å². The van der Waals surface area contributed by atoms with Crippen molar-refractivity contribution in [1.82, 2.24) is 4.90 Å². The molecule has 0 saturated heterocycles. The summed E-state index contributed by atoms with van der Waals surface area (Å²) in [6.45, 7) is 12.0. The second-order valence-corrected chi connectivity index (χ2v) is 9.51. The third kappa shape index (κ3) is 4.61. The number of aryl methyl sites for hydroxylation is 1. The summed E-state index contributed by atoms with van der Waals surface area (Å²) in [5, 5.41) is 0. The average Bonchev–Trinajstić information content (AvgIpc) is 2.73. The maximum absolute atomic E-state index is 12.5. The van der Waals surface area contributed by atoms with E-state index in [4.69, 9.17) is 4.74 Å². The molecular weight excluding hydrogens is 322 g/mol. The Morgan fingerprint density at radius 3 is 2.38 bits per heavy atom. The maximum Gasteiger partial charge on any atom is 0.410 e. The van der Waals surface area contributed by atoms with Crippen LogP contribution in [0.1, 0.15) is 82.1 Å². The number of hydrogen-bond acceptors (Lipinski definition) is 2. The Hall–Kier alpha value is -1.51. The van der Waals surface area contributed by atoms with Crippen LogP contribution in [-0.4, -0.2) is 29.7 Å². The number of rotatable bonds is 2. The van der Waals surface area contributed by atoms with E-state index in [0.29, 0.717) is 5.92 Å². The van der Waals surface area contributed by atoms with Crippen LogP contribution in [-0.2, 0) is 24.0 Å². The Kier molecular flexibility index (Phi) is 5.64. The molecule has 0 aromatic heterocycles. The number of hydrogen-bond donors (Lipinski definition) is 0. The number of benzene rings is 1. The third-order valence-electron chi connectivity index (χ3n) is 5.61. The summed E-state index contributed by atoms with van der Waals surface area (Å²) in [6.07, 6.45) is 6.85. The van der Waals surface area contributed by atoms with Gasteiger partial charge in [-0.05, 0) is 93.4 Å². The van der Waals surface area contributed by atoms with E-state index in [-0.39, 0.29) is 6.09 Å². The fourth-order valence-corrected chi connectivity index (χ4v) is 4.46. The lowest BCUT2D eigenvalue weighted by Gasteiger charge is -2.28. The first-order valence-corrected chi connectivity index (χ1v) is 10.4. The van der Waals surface area contributed by atoms with Gasteiger partial charge in [0.05, 0.1) is 0 Å². The van der Waals surface area contributed by atoms with Crippen LogP contribution in [0.3, 0.4) is 0 Å². The van der Waals surface area contributed by atoms with Crippen molar-refractivity contribution in [2.75, 3.05) is 13.1 Å². The Morgan fingerprint density at radius 1 is 1.12 bits per heavy atom. The summed E-state index contributed by atoms with van der Waals surface area (Å²) in [7, 11) is 0. The molecule has 0 fully saturated rings. The zero-order valence-corrected chi connectivity index (χ0v) is 17.2. The lowest BCUT2D eigenvalue weighted by Crippen LogP contribution is -2.38. The standard InChI is InChI=1S/C23H35NO2/c1-16(2)13-19-7-6-8-20-14-17-9-11-24(22(25)26-23(3,4)5)12-10-18(17)15-21(19)20/h14-16,19H,6-13H2,1-5H3. The SMILES string of the molecule is CC(C)CC1CCCc2cc3c(cc21)CCN(C(=O)OC(C)(C)C)CC3. The molecule has 1 aliphatic carbocycles. The number of ether oxygens (including phenoxy) is 1. The Bertz CT molecular complexity index is 657. The Balaban J connectivity index is 1.77. The number of nitrogens with zero attached hydrogens (tertiary/aromatic N) is 1. The van der Waals surface area contributed by atoms with Crippen LogP contribution in [0.5, 0.6) is 0 Å². The molecule has 0 N–H and O–H groups in total. The van der Waals surface area contributed by atoms with Crippen molar-refractivity contribution < 1.29 is 9.53 Å². The quantitative estimate of drug-likeness (QED) is 0.700. The van der Waals surface area contributed by atoms with Crippen molar-refractivity contribution in [3.63, 3.8) is 0 Å². The zero-order valence-electron chi connectivity index (χ0n) is 17.2. The lowest BCUT2D eigenvalue weighted by atomic mass is 9.77. The molecule has 1 amide bonds. The molecule has 0 bridgehead atoms. The highest BCUT2D eigenvalue weighted by Gasteiger charge is 2.27. The van der Waals surface area contributed by atoms with Crippen LogP contribution in [0.2, 0.25) is 0 Å². The van der Waals surface area contributed by atoms with Crippen LogP contribution in [0.4, 0.5) is 4.79 Å². The van der Waals surface area contributed by atoms with Gasteiger partial charge >= 0.3 is 6.09 Å². The van der Waals surface area contributed by atoms with Crippen LogP contribution in [0, 0.1) is 5.92 Å². The molecule has 1 aromatic rings. The predicted octanol–water partition coefficient (Wildman–Crippen LogP) is 5.49. The van der Waals surface area contributed by atoms with Crippen molar-refractivity contribution in [3.8, 4) is 0 Å². The number of carbonyl (C=O) groups excluding carboxylic acids is 1. The molecule has 144 valence electrons. The maximum atomic E-state index is 12.5. The molecule has 2 aliphatic rings. The number of fused-ring (bicyclic) bond motifs is 2. The Labute approximate surface area is 159 Å². The zero-order chi connectivity index (χ0) is 18.9. The van der Waals surface area contributed by atoms with E-state index in [1.807, 2.05) is 25.7 Å². The van der Waals surface area contributed by atoms with Gasteiger partial charge in [0.25, 0.3) is 0 Å². The molecule has 3 heteroatoms. The van der Waals surface area contributed by atoms with Gasteiger partial charge in [0, 0.05) is 13.1 Å². The molecule has 0 spiro atoms. The third-order valence-corrected chi connectivity index (χ3v) is 5.61. The van der Waals surface area contributed by atoms with Crippen LogP contribution < -0.4 is 0 Å². The molecule has 26 heavy (non-hydrogen) atoms. The van der Waals surface area contributed by atoms with E-state index in [2.05, 4.69) is 26.0 Å². The molecule has 1 aliphatic heterocycles. The number of carbonyl (C=O) groups is 1. The van der Waals surface area contributed by atoms with Gasteiger partial charge in [0.2, 0.25) is 0 Å². The molecule has 0 radical (unpaired) electrons. The topological polar surface area (TPSA) is 29.5 Å². The Morgan fingerprint density at radius 2 is 1.77 bits per heavy atom. The minimum Gasteiger partial charge on any atom is -0.444 e. The van der Waals surface area contributed by atoms with E-state index in [1.54, 1.807) is 11.1 Å². The predicted molar refractivity (Wildman–Crippen MR) is 107 cm³/mol. The van der Waals surface area contributed by atoms with Gasteiger partial charge in [-0.1, -0.05) is 26.0 Å². The smallest absolute Gasteiger partial charge is 0.410 e. The average molecular weight is 358 g/mol. The molecule has 3 nitrogen and oxygen atoms in total. The lowest BCUT2D eigenvalue weighted by molar-refractivity contribution is 0.0258. The van der Waals surface area contributed by atoms with Crippen molar-refractivity contribution in [1.29, 1.82) is 0 Å². The molecule has 1 unspecified atom stereocenters. The highest BCUT2D eigenvalue weighted by Crippen LogP contribution is 2.38. The van der Waals surface area contributed by atoms with Gasteiger partial charge in [-0.15, -0.1) is 0 Å². The van der Waals surface area contributed by atoms with Crippen LogP contribution >= 0.6 is 0 Å². The first-order chi connectivity index (χ1) is 12.2. The van der Waals surface area contributed by atoms with Gasteiger partial charge in [-0.25, -0.2) is 4.79 Å². The van der Waals surface area contributed by atoms with Gasteiger partial charge in [0.15, 0.2) is 0 Å². The van der Waals surface area contributed by atoms with E-state index >= 15 is 0 Å². The fraction of sp³-hybridized carbons (Fsp3) is 0.696. The normalized spacial score (nSPS) is 20.4. The minimum absolute atomic E-state index is 0.173. The van der Waals surface area contributed by atoms with Crippen molar-refractivity contribution in [2.45, 2.75) is 84.7 Å². The largest absolute Gasteiger partial charge is 0.444 e.